The van der Waals surface area contributed by atoms with Crippen molar-refractivity contribution in [1.82, 2.24) is 4.90 Å². The largest absolute Gasteiger partial charge is 0.507 e. The topological polar surface area (TPSA) is 44.9 Å². The Hall–Kier alpha value is -2.80. The van der Waals surface area contributed by atoms with E-state index in [1.165, 1.54) is 0 Å². The van der Waals surface area contributed by atoms with Gasteiger partial charge in [-0.1, -0.05) is 38.1 Å². The van der Waals surface area contributed by atoms with Crippen LogP contribution in [0.3, 0.4) is 0 Å². The molecule has 0 bridgehead atoms. The van der Waals surface area contributed by atoms with E-state index >= 15 is 0 Å². The van der Waals surface area contributed by atoms with E-state index in [0.29, 0.717) is 18.7 Å². The number of carbonyl (C=O) groups excluding carboxylic acids is 1. The first-order valence-electron chi connectivity index (χ1n) is 8.06. The summed E-state index contributed by atoms with van der Waals surface area (Å²) < 4.78 is 0. The van der Waals surface area contributed by atoms with Gasteiger partial charge in [-0.25, -0.2) is 6.57 Å². The lowest BCUT2D eigenvalue weighted by molar-refractivity contribution is 0.0748. The van der Waals surface area contributed by atoms with Crippen LogP contribution in [0.5, 0.6) is 5.75 Å². The number of nitrogens with zero attached hydrogens (tertiary/aromatic N) is 2. The summed E-state index contributed by atoms with van der Waals surface area (Å²) >= 11 is 0. The van der Waals surface area contributed by atoms with Crippen LogP contribution >= 0.6 is 0 Å². The van der Waals surface area contributed by atoms with Crippen molar-refractivity contribution in [2.24, 2.45) is 0 Å². The summed E-state index contributed by atoms with van der Waals surface area (Å²) in [6, 6.07) is 11.3. The summed E-state index contributed by atoms with van der Waals surface area (Å²) in [7, 11) is 0. The van der Waals surface area contributed by atoms with E-state index in [4.69, 9.17) is 6.57 Å². The Labute approximate surface area is 142 Å². The smallest absolute Gasteiger partial charge is 0.258 e. The highest BCUT2D eigenvalue weighted by Gasteiger charge is 2.27. The van der Waals surface area contributed by atoms with Gasteiger partial charge >= 0.3 is 0 Å². The third-order valence-corrected chi connectivity index (χ3v) is 4.49. The van der Waals surface area contributed by atoms with Crippen molar-refractivity contribution in [1.29, 1.82) is 0 Å². The van der Waals surface area contributed by atoms with E-state index in [-0.39, 0.29) is 24.1 Å². The number of hydrogen-bond acceptors (Lipinski definition) is 2. The predicted octanol–water partition coefficient (Wildman–Crippen LogP) is 4.09. The summed E-state index contributed by atoms with van der Waals surface area (Å²) in [6.45, 7) is 12.5. The number of phenolic OH excluding ortho intramolecular Hbond substituents is 1. The Balaban J connectivity index is 1.94. The Morgan fingerprint density at radius 1 is 1.25 bits per heavy atom. The van der Waals surface area contributed by atoms with Gasteiger partial charge in [-0.15, -0.1) is 0 Å². The molecule has 0 aliphatic carbocycles. The van der Waals surface area contributed by atoms with Crippen molar-refractivity contribution in [3.8, 4) is 5.75 Å². The highest BCUT2D eigenvalue weighted by atomic mass is 16.3. The molecule has 1 N–H and O–H groups in total. The van der Waals surface area contributed by atoms with E-state index in [2.05, 4.69) is 4.85 Å². The molecule has 0 saturated carbocycles. The molecule has 24 heavy (non-hydrogen) atoms. The SMILES string of the molecule is [C-]#[N+]Cc1cc(O)c(C(=O)N2Cc3ccccc3C2)cc1C(C)C. The average molecular weight is 320 g/mol. The van der Waals surface area contributed by atoms with Gasteiger partial charge in [0.1, 0.15) is 5.75 Å². The van der Waals surface area contributed by atoms with Crippen LogP contribution in [0.4, 0.5) is 0 Å². The first-order valence-corrected chi connectivity index (χ1v) is 8.06. The van der Waals surface area contributed by atoms with Crippen molar-refractivity contribution >= 4 is 5.91 Å². The minimum Gasteiger partial charge on any atom is -0.507 e. The summed E-state index contributed by atoms with van der Waals surface area (Å²) in [4.78, 5) is 18.0. The zero-order valence-electron chi connectivity index (χ0n) is 13.9. The van der Waals surface area contributed by atoms with E-state index in [0.717, 1.165) is 22.3 Å². The van der Waals surface area contributed by atoms with Crippen molar-refractivity contribution in [3.05, 3.63) is 75.6 Å². The first kappa shape index (κ1) is 16.1. The van der Waals surface area contributed by atoms with Crippen LogP contribution in [-0.2, 0) is 19.6 Å². The van der Waals surface area contributed by atoms with E-state index < -0.39 is 0 Å². The number of aromatic hydroxyl groups is 1. The monoisotopic (exact) mass is 320 g/mol. The maximum atomic E-state index is 12.9. The molecule has 4 heteroatoms. The Kier molecular flexibility index (Phi) is 4.26. The molecule has 0 fully saturated rings. The van der Waals surface area contributed by atoms with Gasteiger partial charge in [0.15, 0.2) is 0 Å². The number of rotatable bonds is 3. The number of fused-ring (bicyclic) bond motifs is 1. The molecule has 0 spiro atoms. The lowest BCUT2D eigenvalue weighted by Crippen LogP contribution is -2.25. The normalized spacial score (nSPS) is 13.0. The minimum atomic E-state index is -0.167. The molecule has 0 saturated heterocycles. The number of hydrogen-bond donors (Lipinski definition) is 1. The van der Waals surface area contributed by atoms with Crippen LogP contribution in [0.1, 0.15) is 52.4 Å². The molecule has 0 aromatic heterocycles. The third-order valence-electron chi connectivity index (χ3n) is 4.49. The van der Waals surface area contributed by atoms with Crippen molar-refractivity contribution < 1.29 is 9.90 Å². The fourth-order valence-corrected chi connectivity index (χ4v) is 3.23. The first-order chi connectivity index (χ1) is 11.5. The fraction of sp³-hybridized carbons (Fsp3) is 0.300. The lowest BCUT2D eigenvalue weighted by atomic mass is 9.94. The van der Waals surface area contributed by atoms with Crippen molar-refractivity contribution in [2.45, 2.75) is 39.4 Å². The second-order valence-electron chi connectivity index (χ2n) is 6.47. The average Bonchev–Trinajstić information content (AvgIpc) is 2.98. The molecule has 2 aromatic carbocycles. The van der Waals surface area contributed by atoms with Gasteiger partial charge in [-0.2, -0.15) is 0 Å². The summed E-state index contributed by atoms with van der Waals surface area (Å²) in [5.41, 5.74) is 4.36. The predicted molar refractivity (Wildman–Crippen MR) is 92.5 cm³/mol. The molecule has 122 valence electrons. The zero-order chi connectivity index (χ0) is 17.3. The highest BCUT2D eigenvalue weighted by Crippen LogP contribution is 2.31. The van der Waals surface area contributed by atoms with Gasteiger partial charge in [0, 0.05) is 18.7 Å². The number of carbonyl (C=O) groups is 1. The van der Waals surface area contributed by atoms with Crippen LogP contribution in [0.15, 0.2) is 36.4 Å². The molecular formula is C20H20N2O2. The molecule has 3 rings (SSSR count). The van der Waals surface area contributed by atoms with Gasteiger partial charge in [-0.3, -0.25) is 4.79 Å². The number of benzene rings is 2. The minimum absolute atomic E-state index is 0.0426. The molecule has 0 radical (unpaired) electrons. The van der Waals surface area contributed by atoms with Gasteiger partial charge in [0.2, 0.25) is 6.54 Å². The van der Waals surface area contributed by atoms with Crippen LogP contribution in [0.2, 0.25) is 0 Å². The second-order valence-corrected chi connectivity index (χ2v) is 6.47. The summed E-state index contributed by atoms with van der Waals surface area (Å²) in [5, 5.41) is 10.3. The van der Waals surface area contributed by atoms with E-state index in [1.54, 1.807) is 17.0 Å². The molecule has 2 aromatic rings. The molecule has 0 unspecified atom stereocenters. The van der Waals surface area contributed by atoms with E-state index in [1.807, 2.05) is 38.1 Å². The molecule has 1 aliphatic rings. The van der Waals surface area contributed by atoms with Gasteiger partial charge in [0.25, 0.3) is 5.91 Å². The van der Waals surface area contributed by atoms with Crippen LogP contribution in [0, 0.1) is 6.57 Å². The van der Waals surface area contributed by atoms with Crippen molar-refractivity contribution in [2.75, 3.05) is 0 Å². The van der Waals surface area contributed by atoms with Crippen LogP contribution in [0.25, 0.3) is 4.85 Å². The Morgan fingerprint density at radius 2 is 1.88 bits per heavy atom. The zero-order valence-corrected chi connectivity index (χ0v) is 13.9. The Morgan fingerprint density at radius 3 is 2.42 bits per heavy atom. The maximum Gasteiger partial charge on any atom is 0.258 e. The van der Waals surface area contributed by atoms with Crippen molar-refractivity contribution in [3.63, 3.8) is 0 Å². The summed E-state index contributed by atoms with van der Waals surface area (Å²) in [5.74, 6) is -0.0244. The second kappa shape index (κ2) is 6.37. The standard InChI is InChI=1S/C20H20N2O2/c1-13(2)17-9-18(19(23)8-16(17)10-21-3)20(24)22-11-14-6-4-5-7-15(14)12-22/h4-9,13,23H,10-12H2,1-2H3. The lowest BCUT2D eigenvalue weighted by Gasteiger charge is -2.18. The number of amides is 1. The van der Waals surface area contributed by atoms with Gasteiger partial charge in [0.05, 0.1) is 5.56 Å². The third kappa shape index (κ3) is 2.85. The van der Waals surface area contributed by atoms with Gasteiger partial charge < -0.3 is 14.9 Å². The molecule has 1 heterocycles. The molecule has 1 amide bonds. The maximum absolute atomic E-state index is 12.9. The molecule has 4 nitrogen and oxygen atoms in total. The van der Waals surface area contributed by atoms with Crippen LogP contribution < -0.4 is 0 Å². The molecule has 0 atom stereocenters. The fourth-order valence-electron chi connectivity index (χ4n) is 3.23. The number of phenols is 1. The van der Waals surface area contributed by atoms with Gasteiger partial charge in [-0.05, 0) is 34.7 Å². The van der Waals surface area contributed by atoms with E-state index in [9.17, 15) is 9.90 Å². The summed E-state index contributed by atoms with van der Waals surface area (Å²) in [6.07, 6.45) is 0. The Bertz CT molecular complexity index is 809. The molecule has 1 aliphatic heterocycles. The quantitative estimate of drug-likeness (QED) is 0.866. The molecular weight excluding hydrogens is 300 g/mol. The highest BCUT2D eigenvalue weighted by molar-refractivity contribution is 5.97. The van der Waals surface area contributed by atoms with Crippen LogP contribution in [-0.4, -0.2) is 15.9 Å².